The van der Waals surface area contributed by atoms with Crippen LogP contribution in [-0.4, -0.2) is 77.1 Å². The first-order valence-corrected chi connectivity index (χ1v) is 16.3. The highest BCUT2D eigenvalue weighted by Crippen LogP contribution is 2.44. The molecule has 3 saturated heterocycles. The molecule has 1 N–H and O–H groups in total. The lowest BCUT2D eigenvalue weighted by molar-refractivity contribution is -0.136. The van der Waals surface area contributed by atoms with Crippen LogP contribution in [0.3, 0.4) is 0 Å². The lowest BCUT2D eigenvalue weighted by Crippen LogP contribution is -2.52. The molecule has 0 bridgehead atoms. The minimum Gasteiger partial charge on any atom is -0.338 e. The number of halogens is 2. The van der Waals surface area contributed by atoms with Crippen molar-refractivity contribution >= 4 is 40.8 Å². The maximum Gasteiger partial charge on any atom is 0.256 e. The van der Waals surface area contributed by atoms with Gasteiger partial charge in [0.25, 0.3) is 11.8 Å². The highest BCUT2D eigenvalue weighted by Gasteiger charge is 2.44. The van der Waals surface area contributed by atoms with Gasteiger partial charge in [-0.1, -0.05) is 43.2 Å². The molecule has 3 fully saturated rings. The molecule has 3 atom stereocenters. The summed E-state index contributed by atoms with van der Waals surface area (Å²) in [5.41, 5.74) is 4.69. The zero-order valence-electron chi connectivity index (χ0n) is 25.7. The topological polar surface area (TPSA) is 90.0 Å². The van der Waals surface area contributed by atoms with Gasteiger partial charge in [-0.05, 0) is 78.3 Å². The predicted molar refractivity (Wildman–Crippen MR) is 168 cm³/mol. The van der Waals surface area contributed by atoms with E-state index < -0.39 is 23.7 Å². The van der Waals surface area contributed by atoms with E-state index in [0.29, 0.717) is 24.9 Å². The van der Waals surface area contributed by atoms with E-state index in [2.05, 4.69) is 36.2 Å². The van der Waals surface area contributed by atoms with Crippen molar-refractivity contribution in [2.24, 2.45) is 17.3 Å². The molecule has 0 radical (unpaired) electrons. The van der Waals surface area contributed by atoms with Crippen LogP contribution >= 0.6 is 11.6 Å². The number of amides is 4. The molecule has 3 unspecified atom stereocenters. The number of nitrogens with one attached hydrogen (secondary N) is 1. The Morgan fingerprint density at radius 2 is 1.71 bits per heavy atom. The summed E-state index contributed by atoms with van der Waals surface area (Å²) in [5, 5.41) is 3.00. The number of benzene rings is 2. The molecule has 4 aliphatic heterocycles. The molecule has 2 aromatic rings. The van der Waals surface area contributed by atoms with E-state index in [9.17, 15) is 19.2 Å². The minimum atomic E-state index is -0.833. The number of imide groups is 1. The van der Waals surface area contributed by atoms with Gasteiger partial charge >= 0.3 is 0 Å². The van der Waals surface area contributed by atoms with Gasteiger partial charge in [-0.15, -0.1) is 0 Å². The number of rotatable bonds is 5. The van der Waals surface area contributed by atoms with Crippen molar-refractivity contribution in [2.75, 3.05) is 32.7 Å². The van der Waals surface area contributed by atoms with Gasteiger partial charge in [-0.2, -0.15) is 0 Å². The van der Waals surface area contributed by atoms with Crippen molar-refractivity contribution in [1.82, 2.24) is 20.0 Å². The third-order valence-electron chi connectivity index (χ3n) is 10.5. The first kappa shape index (κ1) is 30.1. The van der Waals surface area contributed by atoms with Crippen LogP contribution < -0.4 is 5.32 Å². The van der Waals surface area contributed by atoms with Gasteiger partial charge in [0.05, 0.1) is 12.1 Å². The second-order valence-electron chi connectivity index (χ2n) is 14.2. The Bertz CT molecular complexity index is 1620. The maximum atomic E-state index is 15.8. The second kappa shape index (κ2) is 11.4. The summed E-state index contributed by atoms with van der Waals surface area (Å²) in [5.74, 6) is -1.77. The Morgan fingerprint density at radius 3 is 2.40 bits per heavy atom. The number of carbonyl (C=O) groups is 4. The van der Waals surface area contributed by atoms with E-state index in [-0.39, 0.29) is 53.3 Å². The van der Waals surface area contributed by atoms with Crippen LogP contribution in [0, 0.1) is 23.1 Å². The average Bonchev–Trinajstić information content (AvgIpc) is 3.66. The van der Waals surface area contributed by atoms with Crippen molar-refractivity contribution in [3.63, 3.8) is 0 Å². The molecule has 0 aromatic heterocycles. The fourth-order valence-corrected chi connectivity index (χ4v) is 8.18. The first-order chi connectivity index (χ1) is 21.5. The molecule has 4 heterocycles. The molecule has 8 nitrogen and oxygen atoms in total. The summed E-state index contributed by atoms with van der Waals surface area (Å²) >= 11 is 6.18. The number of allylic oxidation sites excluding steroid dienone is 1. The third kappa shape index (κ3) is 5.58. The molecule has 0 spiro atoms. The summed E-state index contributed by atoms with van der Waals surface area (Å²) in [4.78, 5) is 56.2. The molecular weight excluding hydrogens is 595 g/mol. The van der Waals surface area contributed by atoms with Crippen molar-refractivity contribution < 1.29 is 23.6 Å². The van der Waals surface area contributed by atoms with Gasteiger partial charge in [-0.25, -0.2) is 4.39 Å². The number of hydrogen-bond acceptors (Lipinski definition) is 5. The number of carbonyl (C=O) groups excluding carboxylic acids is 4. The lowest BCUT2D eigenvalue weighted by atomic mass is 9.72. The number of piperidine rings is 1. The molecule has 10 heteroatoms. The van der Waals surface area contributed by atoms with E-state index in [1.54, 1.807) is 4.90 Å². The molecule has 2 aromatic carbocycles. The fourth-order valence-electron chi connectivity index (χ4n) is 8.06. The van der Waals surface area contributed by atoms with Crippen molar-refractivity contribution in [3.8, 4) is 0 Å². The lowest BCUT2D eigenvalue weighted by Gasteiger charge is -2.35. The molecule has 4 amide bonds. The van der Waals surface area contributed by atoms with E-state index >= 15 is 4.39 Å². The summed E-state index contributed by atoms with van der Waals surface area (Å²) in [6.45, 7) is 8.45. The van der Waals surface area contributed by atoms with Gasteiger partial charge in [0.2, 0.25) is 11.8 Å². The van der Waals surface area contributed by atoms with E-state index in [0.717, 1.165) is 43.9 Å². The standard InChI is InChI=1S/C35H38ClFN4O4/c1-35(2)12-11-21(27(13-35)20-3-5-24(36)6-4-20)14-39-15-22-17-40(18-23(22)16-39)33(44)26-8-7-25-28(31(26)37)19-41(34(25)45)29-9-10-30(42)38-32(29)43/h3-8,22-23,29H,9-19H2,1-2H3,(H,38,42,43). The van der Waals surface area contributed by atoms with Gasteiger partial charge in [0, 0.05) is 55.3 Å². The summed E-state index contributed by atoms with van der Waals surface area (Å²) in [7, 11) is 0. The van der Waals surface area contributed by atoms with Crippen molar-refractivity contribution in [2.45, 2.75) is 58.5 Å². The highest BCUT2D eigenvalue weighted by molar-refractivity contribution is 6.30. The molecule has 1 aliphatic carbocycles. The number of likely N-dealkylation sites (tertiary alicyclic amines) is 2. The summed E-state index contributed by atoms with van der Waals surface area (Å²) in [6.07, 6.45) is 3.59. The zero-order chi connectivity index (χ0) is 31.6. The van der Waals surface area contributed by atoms with Gasteiger partial charge in [-0.3, -0.25) is 29.4 Å². The Morgan fingerprint density at radius 1 is 1.00 bits per heavy atom. The van der Waals surface area contributed by atoms with E-state index in [1.165, 1.54) is 33.7 Å². The van der Waals surface area contributed by atoms with Crippen molar-refractivity contribution in [1.29, 1.82) is 0 Å². The molecule has 0 saturated carbocycles. The zero-order valence-corrected chi connectivity index (χ0v) is 26.5. The Hall–Kier alpha value is -3.56. The number of hydrogen-bond donors (Lipinski definition) is 1. The van der Waals surface area contributed by atoms with Crippen LogP contribution in [-0.2, 0) is 16.1 Å². The largest absolute Gasteiger partial charge is 0.338 e. The van der Waals surface area contributed by atoms with E-state index in [4.69, 9.17) is 11.6 Å². The Kier molecular flexibility index (Phi) is 7.60. The van der Waals surface area contributed by atoms with Crippen molar-refractivity contribution in [3.05, 3.63) is 75.1 Å². The van der Waals surface area contributed by atoms with Crippen LogP contribution in [0.2, 0.25) is 5.02 Å². The summed E-state index contributed by atoms with van der Waals surface area (Å²) in [6, 6.07) is 10.2. The normalized spacial score (nSPS) is 26.4. The molecule has 45 heavy (non-hydrogen) atoms. The Balaban J connectivity index is 1.02. The molecule has 7 rings (SSSR count). The SMILES string of the molecule is CC1(C)CCC(CN2CC3CN(C(=O)c4ccc5c(c4F)CN(C4CCC(=O)NC4=O)C5=O)CC3C2)=C(c2ccc(Cl)cc2)C1. The van der Waals surface area contributed by atoms with Gasteiger partial charge < -0.3 is 9.80 Å². The molecular formula is C35H38ClFN4O4. The predicted octanol–water partition coefficient (Wildman–Crippen LogP) is 4.91. The highest BCUT2D eigenvalue weighted by atomic mass is 35.5. The second-order valence-corrected chi connectivity index (χ2v) is 14.6. The molecule has 236 valence electrons. The third-order valence-corrected chi connectivity index (χ3v) is 10.8. The van der Waals surface area contributed by atoms with Crippen LogP contribution in [0.1, 0.15) is 77.8 Å². The monoisotopic (exact) mass is 632 g/mol. The summed E-state index contributed by atoms with van der Waals surface area (Å²) < 4.78 is 15.8. The van der Waals surface area contributed by atoms with Gasteiger partial charge in [0.15, 0.2) is 0 Å². The molecule has 5 aliphatic rings. The average molecular weight is 633 g/mol. The quantitative estimate of drug-likeness (QED) is 0.474. The number of fused-ring (bicyclic) bond motifs is 2. The fraction of sp³-hybridized carbons (Fsp3) is 0.486. The Labute approximate surface area is 267 Å². The smallest absolute Gasteiger partial charge is 0.256 e. The van der Waals surface area contributed by atoms with Crippen LogP contribution in [0.25, 0.3) is 5.57 Å². The first-order valence-electron chi connectivity index (χ1n) is 15.9. The minimum absolute atomic E-state index is 0.0360. The van der Waals surface area contributed by atoms with Crippen LogP contribution in [0.4, 0.5) is 4.39 Å². The van der Waals surface area contributed by atoms with E-state index in [1.807, 2.05) is 12.1 Å². The van der Waals surface area contributed by atoms with Crippen LogP contribution in [0.15, 0.2) is 42.0 Å². The number of nitrogens with zero attached hydrogens (tertiary/aromatic N) is 3. The van der Waals surface area contributed by atoms with Crippen LogP contribution in [0.5, 0.6) is 0 Å². The van der Waals surface area contributed by atoms with Gasteiger partial charge in [0.1, 0.15) is 11.9 Å². The maximum absolute atomic E-state index is 15.8.